The number of hydrogen-bond donors (Lipinski definition) is 2. The van der Waals surface area contributed by atoms with E-state index < -0.39 is 0 Å². The molecule has 1 heterocycles. The first-order valence-corrected chi connectivity index (χ1v) is 13.2. The van der Waals surface area contributed by atoms with Gasteiger partial charge in [-0.25, -0.2) is 0 Å². The topological polar surface area (TPSA) is 66.8 Å². The highest BCUT2D eigenvalue weighted by atomic mass is 16.5. The van der Waals surface area contributed by atoms with Crippen LogP contribution in [0.4, 0.5) is 0 Å². The van der Waals surface area contributed by atoms with E-state index in [1.54, 1.807) is 0 Å². The number of rotatable bonds is 4. The third-order valence-corrected chi connectivity index (χ3v) is 11.3. The Balaban J connectivity index is 1.37. The minimum absolute atomic E-state index is 0.134. The fourth-order valence-electron chi connectivity index (χ4n) is 9.47. The zero-order chi connectivity index (χ0) is 22.1. The number of hydrogen-bond acceptors (Lipinski definition) is 4. The molecule has 5 aliphatic rings. The van der Waals surface area contributed by atoms with Crippen molar-refractivity contribution in [3.63, 3.8) is 0 Å². The van der Waals surface area contributed by atoms with Crippen LogP contribution < -0.4 is 0 Å². The summed E-state index contributed by atoms with van der Waals surface area (Å²) in [6.07, 6.45) is 9.54. The first-order valence-electron chi connectivity index (χ1n) is 13.2. The Bertz CT molecular complexity index is 707. The molecule has 0 aromatic rings. The van der Waals surface area contributed by atoms with Crippen molar-refractivity contribution in [2.75, 3.05) is 6.61 Å². The number of ether oxygens (including phenoxy) is 1. The smallest absolute Gasteiger partial charge is 0.139 e. The van der Waals surface area contributed by atoms with Gasteiger partial charge in [0.05, 0.1) is 18.3 Å². The third-order valence-electron chi connectivity index (χ3n) is 11.3. The molecular formula is C27H44O4. The first kappa shape index (κ1) is 22.3. The molecule has 0 radical (unpaired) electrons. The van der Waals surface area contributed by atoms with Gasteiger partial charge in [0, 0.05) is 24.4 Å². The predicted molar refractivity (Wildman–Crippen MR) is 120 cm³/mol. The maximum Gasteiger partial charge on any atom is 0.139 e. The second-order valence-corrected chi connectivity index (χ2v) is 12.7. The second kappa shape index (κ2) is 7.81. The van der Waals surface area contributed by atoms with Crippen LogP contribution in [-0.4, -0.2) is 40.9 Å². The van der Waals surface area contributed by atoms with Gasteiger partial charge in [0.25, 0.3) is 0 Å². The molecule has 5 rings (SSSR count). The fourth-order valence-corrected chi connectivity index (χ4v) is 9.47. The highest BCUT2D eigenvalue weighted by Crippen LogP contribution is 2.69. The van der Waals surface area contributed by atoms with E-state index >= 15 is 0 Å². The molecule has 4 nitrogen and oxygen atoms in total. The van der Waals surface area contributed by atoms with E-state index in [2.05, 4.69) is 27.7 Å². The fraction of sp³-hybridized carbons (Fsp3) is 0.963. The lowest BCUT2D eigenvalue weighted by Crippen LogP contribution is -2.57. The molecule has 2 N–H and O–H groups in total. The van der Waals surface area contributed by atoms with Crippen molar-refractivity contribution >= 4 is 5.78 Å². The summed E-state index contributed by atoms with van der Waals surface area (Å²) in [5, 5.41) is 19.7. The van der Waals surface area contributed by atoms with Crippen molar-refractivity contribution in [1.82, 2.24) is 0 Å². The number of aliphatic hydroxyl groups excluding tert-OH is 2. The van der Waals surface area contributed by atoms with Gasteiger partial charge < -0.3 is 14.9 Å². The minimum Gasteiger partial charge on any atom is -0.396 e. The highest BCUT2D eigenvalue weighted by molar-refractivity contribution is 5.87. The monoisotopic (exact) mass is 432 g/mol. The average molecular weight is 433 g/mol. The zero-order valence-corrected chi connectivity index (χ0v) is 20.1. The quantitative estimate of drug-likeness (QED) is 0.681. The van der Waals surface area contributed by atoms with Crippen LogP contribution in [0.1, 0.15) is 85.5 Å². The van der Waals surface area contributed by atoms with Crippen LogP contribution in [0.3, 0.4) is 0 Å². The van der Waals surface area contributed by atoms with Gasteiger partial charge in [-0.1, -0.05) is 27.7 Å². The van der Waals surface area contributed by atoms with Gasteiger partial charge in [0.2, 0.25) is 0 Å². The van der Waals surface area contributed by atoms with Gasteiger partial charge in [0.1, 0.15) is 5.78 Å². The molecule has 4 aliphatic carbocycles. The molecule has 5 fully saturated rings. The van der Waals surface area contributed by atoms with E-state index in [0.717, 1.165) is 44.9 Å². The van der Waals surface area contributed by atoms with Gasteiger partial charge in [-0.3, -0.25) is 4.79 Å². The molecule has 4 heteroatoms. The summed E-state index contributed by atoms with van der Waals surface area (Å²) in [5.41, 5.74) is 0.00620. The van der Waals surface area contributed by atoms with E-state index in [9.17, 15) is 15.0 Å². The lowest BCUT2D eigenvalue weighted by atomic mass is 9.44. The number of Topliss-reactive ketones (excluding diaryl/α,β-unsaturated/α-hetero) is 1. The SMILES string of the molecule is CC1C(CC[C@@H](C)CO)O[C@H]2CC3C4CCC5CC(O)CCC5(C)C4CC(=O)C3(C)C12. The molecule has 0 amide bonds. The van der Waals surface area contributed by atoms with Crippen LogP contribution in [0, 0.1) is 52.3 Å². The Morgan fingerprint density at radius 1 is 1.16 bits per heavy atom. The Kier molecular flexibility index (Phi) is 5.63. The summed E-state index contributed by atoms with van der Waals surface area (Å²) in [5.74, 6) is 3.82. The van der Waals surface area contributed by atoms with E-state index in [-0.39, 0.29) is 35.7 Å². The molecule has 4 saturated carbocycles. The summed E-state index contributed by atoms with van der Waals surface area (Å²) >= 11 is 0. The lowest BCUT2D eigenvalue weighted by Gasteiger charge is -2.60. The van der Waals surface area contributed by atoms with Crippen LogP contribution in [-0.2, 0) is 9.53 Å². The first-order chi connectivity index (χ1) is 14.7. The summed E-state index contributed by atoms with van der Waals surface area (Å²) in [7, 11) is 0. The number of fused-ring (bicyclic) bond motifs is 7. The molecule has 0 aromatic carbocycles. The zero-order valence-electron chi connectivity index (χ0n) is 20.1. The van der Waals surface area contributed by atoms with E-state index in [1.165, 1.54) is 12.8 Å². The van der Waals surface area contributed by atoms with Crippen LogP contribution in [0.5, 0.6) is 0 Å². The Morgan fingerprint density at radius 3 is 2.68 bits per heavy atom. The molecule has 10 unspecified atom stereocenters. The number of carbonyl (C=O) groups excluding carboxylic acids is 1. The molecule has 0 aromatic heterocycles. The Hall–Kier alpha value is -0.450. The summed E-state index contributed by atoms with van der Waals surface area (Å²) < 4.78 is 6.66. The summed E-state index contributed by atoms with van der Waals surface area (Å²) in [4.78, 5) is 13.9. The number of aliphatic hydroxyl groups is 2. The molecule has 0 bridgehead atoms. The van der Waals surface area contributed by atoms with Gasteiger partial charge in [0.15, 0.2) is 0 Å². The van der Waals surface area contributed by atoms with Gasteiger partial charge in [-0.2, -0.15) is 0 Å². The van der Waals surface area contributed by atoms with Crippen LogP contribution in [0.15, 0.2) is 0 Å². The summed E-state index contributed by atoms with van der Waals surface area (Å²) in [6.45, 7) is 9.42. The van der Waals surface area contributed by atoms with Crippen molar-refractivity contribution in [2.45, 2.75) is 104 Å². The maximum absolute atomic E-state index is 13.9. The predicted octanol–water partition coefficient (Wildman–Crippen LogP) is 4.61. The standard InChI is InChI=1S/C27H44O4/c1-15(14-28)5-8-22-16(2)25-23(31-22)12-21-19-7-6-17-11-18(29)9-10-26(17,3)20(19)13-24(30)27(21,25)4/h15-23,25,28-29H,5-14H2,1-4H3/t15-,16?,17?,18?,19?,20?,21?,22?,23+,25?,26?,27?/m1/s1. The highest BCUT2D eigenvalue weighted by Gasteiger charge is 2.68. The van der Waals surface area contributed by atoms with Gasteiger partial charge >= 0.3 is 0 Å². The number of ketones is 1. The molecule has 31 heavy (non-hydrogen) atoms. The van der Waals surface area contributed by atoms with Crippen molar-refractivity contribution in [3.05, 3.63) is 0 Å². The number of carbonyl (C=O) groups is 1. The van der Waals surface area contributed by atoms with Crippen molar-refractivity contribution < 1.29 is 19.7 Å². The van der Waals surface area contributed by atoms with E-state index in [1.807, 2.05) is 0 Å². The second-order valence-electron chi connectivity index (χ2n) is 12.7. The van der Waals surface area contributed by atoms with Gasteiger partial charge in [-0.05, 0) is 92.3 Å². The van der Waals surface area contributed by atoms with Crippen LogP contribution in [0.2, 0.25) is 0 Å². The molecular weight excluding hydrogens is 388 g/mol. The van der Waals surface area contributed by atoms with E-state index in [4.69, 9.17) is 4.74 Å². The average Bonchev–Trinajstić information content (AvgIpc) is 3.22. The van der Waals surface area contributed by atoms with E-state index in [0.29, 0.717) is 47.2 Å². The normalized spacial score (nSPS) is 54.6. The maximum atomic E-state index is 13.9. The molecule has 176 valence electrons. The van der Waals surface area contributed by atoms with Crippen LogP contribution in [0.25, 0.3) is 0 Å². The third kappa shape index (κ3) is 3.21. The van der Waals surface area contributed by atoms with Crippen molar-refractivity contribution in [1.29, 1.82) is 0 Å². The Morgan fingerprint density at radius 2 is 1.94 bits per heavy atom. The van der Waals surface area contributed by atoms with Crippen molar-refractivity contribution in [3.8, 4) is 0 Å². The van der Waals surface area contributed by atoms with Gasteiger partial charge in [-0.15, -0.1) is 0 Å². The van der Waals surface area contributed by atoms with Crippen molar-refractivity contribution in [2.24, 2.45) is 52.3 Å². The van der Waals surface area contributed by atoms with Crippen LogP contribution >= 0.6 is 0 Å². The molecule has 1 aliphatic heterocycles. The largest absolute Gasteiger partial charge is 0.396 e. The lowest BCUT2D eigenvalue weighted by molar-refractivity contribution is -0.160. The molecule has 1 saturated heterocycles. The Labute approximate surface area is 188 Å². The minimum atomic E-state index is -0.222. The molecule has 12 atom stereocenters. The summed E-state index contributed by atoms with van der Waals surface area (Å²) in [6, 6.07) is 0. The molecule has 0 spiro atoms.